The Morgan fingerprint density at radius 2 is 2.05 bits per heavy atom. The van der Waals surface area contributed by atoms with Gasteiger partial charge < -0.3 is 4.90 Å². The number of nitrogens with zero attached hydrogens (tertiary/aromatic N) is 2. The molecule has 1 saturated heterocycles. The maximum absolute atomic E-state index is 13.5. The molecule has 5 heteroatoms. The monoisotopic (exact) mass is 280 g/mol. The number of halogens is 1. The van der Waals surface area contributed by atoms with Crippen molar-refractivity contribution in [3.05, 3.63) is 34.1 Å². The van der Waals surface area contributed by atoms with E-state index in [-0.39, 0.29) is 5.69 Å². The highest BCUT2D eigenvalue weighted by molar-refractivity contribution is 5.53. The number of hydrogen-bond acceptors (Lipinski definition) is 3. The van der Waals surface area contributed by atoms with Crippen molar-refractivity contribution in [2.75, 3.05) is 18.0 Å². The van der Waals surface area contributed by atoms with Crippen LogP contribution in [0.5, 0.6) is 0 Å². The van der Waals surface area contributed by atoms with Crippen LogP contribution in [0.4, 0.5) is 15.8 Å². The van der Waals surface area contributed by atoms with Gasteiger partial charge in [-0.1, -0.05) is 13.8 Å². The van der Waals surface area contributed by atoms with Crippen LogP contribution in [0.25, 0.3) is 0 Å². The van der Waals surface area contributed by atoms with Crippen LogP contribution in [0.3, 0.4) is 0 Å². The molecule has 0 amide bonds. The second-order valence-corrected chi connectivity index (χ2v) is 5.85. The van der Waals surface area contributed by atoms with E-state index < -0.39 is 10.7 Å². The molecule has 0 N–H and O–H groups in total. The van der Waals surface area contributed by atoms with Crippen molar-refractivity contribution < 1.29 is 9.31 Å². The van der Waals surface area contributed by atoms with Crippen LogP contribution in [-0.2, 0) is 0 Å². The first-order valence-electron chi connectivity index (χ1n) is 7.17. The molecule has 0 aliphatic carbocycles. The van der Waals surface area contributed by atoms with Crippen molar-refractivity contribution >= 4 is 11.4 Å². The van der Waals surface area contributed by atoms with Crippen LogP contribution in [-0.4, -0.2) is 18.0 Å². The topological polar surface area (TPSA) is 46.4 Å². The number of rotatable bonds is 3. The first-order valence-corrected chi connectivity index (χ1v) is 7.17. The van der Waals surface area contributed by atoms with Gasteiger partial charge in [0.2, 0.25) is 0 Å². The molecule has 4 nitrogen and oxygen atoms in total. The van der Waals surface area contributed by atoms with Gasteiger partial charge in [0, 0.05) is 24.8 Å². The standard InChI is InChI=1S/C15H21FN2O2/c1-11(2)12-4-3-6-17(7-5-12)14-8-13(16)9-15(10-14)18(19)20/h8-12H,3-7H2,1-2H3. The predicted octanol–water partition coefficient (Wildman–Crippen LogP) is 4.00. The van der Waals surface area contributed by atoms with E-state index in [0.29, 0.717) is 17.5 Å². The smallest absolute Gasteiger partial charge is 0.274 e. The maximum atomic E-state index is 13.5. The Morgan fingerprint density at radius 3 is 2.70 bits per heavy atom. The molecule has 0 bridgehead atoms. The minimum absolute atomic E-state index is 0.176. The van der Waals surface area contributed by atoms with Crippen molar-refractivity contribution in [2.45, 2.75) is 33.1 Å². The summed E-state index contributed by atoms with van der Waals surface area (Å²) < 4.78 is 13.5. The molecule has 0 spiro atoms. The number of nitro benzene ring substituents is 1. The Bertz CT molecular complexity index is 491. The highest BCUT2D eigenvalue weighted by Crippen LogP contribution is 2.29. The molecule has 1 fully saturated rings. The highest BCUT2D eigenvalue weighted by atomic mass is 19.1. The van der Waals surface area contributed by atoms with Crippen molar-refractivity contribution in [1.29, 1.82) is 0 Å². The Kier molecular flexibility index (Phi) is 4.57. The molecule has 1 aromatic carbocycles. The normalized spacial score (nSPS) is 20.0. The summed E-state index contributed by atoms with van der Waals surface area (Å²) in [7, 11) is 0. The fraction of sp³-hybridized carbons (Fsp3) is 0.600. The zero-order valence-corrected chi connectivity index (χ0v) is 12.0. The van der Waals surface area contributed by atoms with Gasteiger partial charge >= 0.3 is 0 Å². The predicted molar refractivity (Wildman–Crippen MR) is 77.4 cm³/mol. The fourth-order valence-corrected chi connectivity index (χ4v) is 2.89. The van der Waals surface area contributed by atoms with E-state index in [1.54, 1.807) is 0 Å². The quantitative estimate of drug-likeness (QED) is 0.621. The van der Waals surface area contributed by atoms with Gasteiger partial charge in [0.25, 0.3) is 5.69 Å². The van der Waals surface area contributed by atoms with E-state index >= 15 is 0 Å². The number of nitro groups is 1. The van der Waals surface area contributed by atoms with Crippen molar-refractivity contribution in [1.82, 2.24) is 0 Å². The molecular formula is C15H21FN2O2. The van der Waals surface area contributed by atoms with Crippen molar-refractivity contribution in [2.24, 2.45) is 11.8 Å². The Balaban J connectivity index is 2.17. The number of anilines is 1. The maximum Gasteiger partial charge on any atom is 0.274 e. The molecule has 1 unspecified atom stereocenters. The van der Waals surface area contributed by atoms with E-state index in [1.807, 2.05) is 0 Å². The van der Waals surface area contributed by atoms with Crippen LogP contribution >= 0.6 is 0 Å². The second kappa shape index (κ2) is 6.20. The summed E-state index contributed by atoms with van der Waals surface area (Å²) in [4.78, 5) is 12.3. The van der Waals surface area contributed by atoms with Crippen LogP contribution in [0.2, 0.25) is 0 Å². The van der Waals surface area contributed by atoms with Gasteiger partial charge in [0.05, 0.1) is 11.0 Å². The molecule has 0 aromatic heterocycles. The van der Waals surface area contributed by atoms with E-state index in [2.05, 4.69) is 18.7 Å². The summed E-state index contributed by atoms with van der Waals surface area (Å²) in [6.45, 7) is 6.13. The summed E-state index contributed by atoms with van der Waals surface area (Å²) in [6.07, 6.45) is 3.28. The minimum Gasteiger partial charge on any atom is -0.371 e. The van der Waals surface area contributed by atoms with Gasteiger partial charge in [-0.3, -0.25) is 10.1 Å². The third kappa shape index (κ3) is 3.46. The van der Waals surface area contributed by atoms with Crippen molar-refractivity contribution in [3.8, 4) is 0 Å². The van der Waals surface area contributed by atoms with Crippen LogP contribution in [0, 0.1) is 27.8 Å². The minimum atomic E-state index is -0.543. The third-order valence-corrected chi connectivity index (χ3v) is 4.16. The summed E-state index contributed by atoms with van der Waals surface area (Å²) in [5, 5.41) is 10.8. The summed E-state index contributed by atoms with van der Waals surface area (Å²) >= 11 is 0. The van der Waals surface area contributed by atoms with Gasteiger partial charge in [-0.25, -0.2) is 4.39 Å². The molecule has 1 atom stereocenters. The lowest BCUT2D eigenvalue weighted by atomic mass is 9.89. The number of hydrogen-bond donors (Lipinski definition) is 0. The Hall–Kier alpha value is -1.65. The van der Waals surface area contributed by atoms with Gasteiger partial charge in [-0.15, -0.1) is 0 Å². The second-order valence-electron chi connectivity index (χ2n) is 5.85. The zero-order chi connectivity index (χ0) is 14.7. The van der Waals surface area contributed by atoms with Crippen LogP contribution in [0.15, 0.2) is 18.2 Å². The van der Waals surface area contributed by atoms with Gasteiger partial charge in [-0.05, 0) is 37.2 Å². The SMILES string of the molecule is CC(C)C1CCCN(c2cc(F)cc([N+](=O)[O-])c2)CC1. The molecule has 0 saturated carbocycles. The molecule has 1 aliphatic rings. The molecule has 0 radical (unpaired) electrons. The fourth-order valence-electron chi connectivity index (χ4n) is 2.89. The molecule has 20 heavy (non-hydrogen) atoms. The molecule has 1 aliphatic heterocycles. The lowest BCUT2D eigenvalue weighted by molar-refractivity contribution is -0.385. The lowest BCUT2D eigenvalue weighted by Gasteiger charge is -2.23. The van der Waals surface area contributed by atoms with Crippen LogP contribution < -0.4 is 4.90 Å². The summed E-state index contributed by atoms with van der Waals surface area (Å²) in [5.74, 6) is 0.791. The molecule has 1 aromatic rings. The lowest BCUT2D eigenvalue weighted by Crippen LogP contribution is -2.24. The average molecular weight is 280 g/mol. The average Bonchev–Trinajstić information content (AvgIpc) is 2.63. The first-order chi connectivity index (χ1) is 9.47. The number of benzene rings is 1. The van der Waals surface area contributed by atoms with E-state index in [1.165, 1.54) is 18.6 Å². The highest BCUT2D eigenvalue weighted by Gasteiger charge is 2.21. The summed E-state index contributed by atoms with van der Waals surface area (Å²) in [6, 6.07) is 3.83. The number of non-ortho nitro benzene ring substituents is 1. The van der Waals surface area contributed by atoms with E-state index in [0.717, 1.165) is 32.0 Å². The zero-order valence-electron chi connectivity index (χ0n) is 12.0. The Morgan fingerprint density at radius 1 is 1.30 bits per heavy atom. The van der Waals surface area contributed by atoms with Gasteiger partial charge in [0.1, 0.15) is 5.82 Å². The van der Waals surface area contributed by atoms with Gasteiger partial charge in [0.15, 0.2) is 0 Å². The third-order valence-electron chi connectivity index (χ3n) is 4.16. The van der Waals surface area contributed by atoms with Crippen molar-refractivity contribution in [3.63, 3.8) is 0 Å². The molecule has 110 valence electrons. The first kappa shape index (κ1) is 14.8. The molecule has 1 heterocycles. The van der Waals surface area contributed by atoms with Crippen LogP contribution in [0.1, 0.15) is 33.1 Å². The molecular weight excluding hydrogens is 259 g/mol. The molecule has 2 rings (SSSR count). The summed E-state index contributed by atoms with van der Waals surface area (Å²) in [5.41, 5.74) is 0.450. The largest absolute Gasteiger partial charge is 0.371 e. The van der Waals surface area contributed by atoms with E-state index in [4.69, 9.17) is 0 Å². The van der Waals surface area contributed by atoms with Gasteiger partial charge in [-0.2, -0.15) is 0 Å². The Labute approximate surface area is 118 Å². The van der Waals surface area contributed by atoms with E-state index in [9.17, 15) is 14.5 Å².